The van der Waals surface area contributed by atoms with Crippen molar-refractivity contribution in [2.24, 2.45) is 0 Å². The molecule has 1 saturated heterocycles. The van der Waals surface area contributed by atoms with E-state index in [4.69, 9.17) is 0 Å². The molecular formula is C7H14N2O. The molecule has 58 valence electrons. The molecule has 0 spiro atoms. The van der Waals surface area contributed by atoms with E-state index in [-0.39, 0.29) is 5.91 Å². The topological polar surface area (TPSA) is 23.6 Å². The van der Waals surface area contributed by atoms with Crippen LogP contribution in [0, 0.1) is 0 Å². The van der Waals surface area contributed by atoms with Gasteiger partial charge in [0.15, 0.2) is 0 Å². The second-order valence-electron chi connectivity index (χ2n) is 3.05. The first-order valence-electron chi connectivity index (χ1n) is 3.55. The summed E-state index contributed by atoms with van der Waals surface area (Å²) in [5, 5.41) is 0. The van der Waals surface area contributed by atoms with Gasteiger partial charge in [0.1, 0.15) is 0 Å². The fourth-order valence-corrected chi connectivity index (χ4v) is 1.23. The normalized spacial score (nSPS) is 29.3. The van der Waals surface area contributed by atoms with Gasteiger partial charge in [-0.25, -0.2) is 0 Å². The lowest BCUT2D eigenvalue weighted by atomic mass is 10.2. The van der Waals surface area contributed by atoms with E-state index in [1.54, 1.807) is 4.90 Å². The number of amides is 1. The summed E-state index contributed by atoms with van der Waals surface area (Å²) in [5.74, 6) is 0.223. The largest absolute Gasteiger partial charge is 0.341 e. The Labute approximate surface area is 61.6 Å². The molecule has 1 aliphatic heterocycles. The number of likely N-dealkylation sites (N-methyl/N-ethyl adjacent to an activating group) is 2. The van der Waals surface area contributed by atoms with Crippen LogP contribution in [0.25, 0.3) is 0 Å². The van der Waals surface area contributed by atoms with Crippen LogP contribution >= 0.6 is 0 Å². The van der Waals surface area contributed by atoms with Crippen LogP contribution in [0.2, 0.25) is 0 Å². The van der Waals surface area contributed by atoms with Crippen LogP contribution in [-0.4, -0.2) is 48.9 Å². The molecule has 0 aromatic heterocycles. The van der Waals surface area contributed by atoms with E-state index in [0.29, 0.717) is 12.6 Å². The van der Waals surface area contributed by atoms with Crippen LogP contribution in [0.5, 0.6) is 0 Å². The van der Waals surface area contributed by atoms with Crippen LogP contribution in [-0.2, 0) is 4.79 Å². The van der Waals surface area contributed by atoms with E-state index in [2.05, 4.69) is 6.92 Å². The predicted octanol–water partition coefficient (Wildman–Crippen LogP) is -0.221. The number of carbonyl (C=O) groups is 1. The van der Waals surface area contributed by atoms with Gasteiger partial charge in [0.25, 0.3) is 0 Å². The fourth-order valence-electron chi connectivity index (χ4n) is 1.23. The molecule has 0 bridgehead atoms. The summed E-state index contributed by atoms with van der Waals surface area (Å²) >= 11 is 0. The van der Waals surface area contributed by atoms with E-state index in [1.807, 2.05) is 19.0 Å². The van der Waals surface area contributed by atoms with Crippen molar-refractivity contribution in [3.63, 3.8) is 0 Å². The standard InChI is InChI=1S/C7H14N2O/c1-6-4-8(2)5-7(10)9(6)3/h6H,4-5H2,1-3H3/t6-/m0/s1. The highest BCUT2D eigenvalue weighted by molar-refractivity contribution is 5.79. The van der Waals surface area contributed by atoms with Crippen molar-refractivity contribution in [1.29, 1.82) is 0 Å². The SMILES string of the molecule is C[C@H]1CN(C)CC(=O)N1C. The number of nitrogens with zero attached hydrogens (tertiary/aromatic N) is 2. The van der Waals surface area contributed by atoms with Gasteiger partial charge in [0.2, 0.25) is 5.91 Å². The van der Waals surface area contributed by atoms with Crippen LogP contribution < -0.4 is 0 Å². The minimum absolute atomic E-state index is 0.223. The van der Waals surface area contributed by atoms with Crippen molar-refractivity contribution in [2.45, 2.75) is 13.0 Å². The van der Waals surface area contributed by atoms with Crippen molar-refractivity contribution in [1.82, 2.24) is 9.80 Å². The molecule has 1 rings (SSSR count). The minimum Gasteiger partial charge on any atom is -0.341 e. The molecule has 0 N–H and O–H groups in total. The number of hydrogen-bond donors (Lipinski definition) is 0. The summed E-state index contributed by atoms with van der Waals surface area (Å²) in [6, 6.07) is 0.367. The summed E-state index contributed by atoms with van der Waals surface area (Å²) in [5.41, 5.74) is 0. The first-order chi connectivity index (χ1) is 4.61. The van der Waals surface area contributed by atoms with E-state index in [1.165, 1.54) is 0 Å². The van der Waals surface area contributed by atoms with Crippen molar-refractivity contribution in [3.05, 3.63) is 0 Å². The molecule has 1 aliphatic rings. The maximum atomic E-state index is 11.1. The maximum Gasteiger partial charge on any atom is 0.236 e. The lowest BCUT2D eigenvalue weighted by Gasteiger charge is -2.35. The lowest BCUT2D eigenvalue weighted by Crippen LogP contribution is -2.52. The highest BCUT2D eigenvalue weighted by Gasteiger charge is 2.23. The Morgan fingerprint density at radius 2 is 2.10 bits per heavy atom. The van der Waals surface area contributed by atoms with Crippen LogP contribution in [0.15, 0.2) is 0 Å². The van der Waals surface area contributed by atoms with Gasteiger partial charge in [-0.1, -0.05) is 0 Å². The lowest BCUT2D eigenvalue weighted by molar-refractivity contribution is -0.136. The van der Waals surface area contributed by atoms with Crippen molar-refractivity contribution >= 4 is 5.91 Å². The molecule has 10 heavy (non-hydrogen) atoms. The molecule has 0 radical (unpaired) electrons. The molecule has 1 atom stereocenters. The Morgan fingerprint density at radius 1 is 1.50 bits per heavy atom. The maximum absolute atomic E-state index is 11.1. The van der Waals surface area contributed by atoms with Gasteiger partial charge < -0.3 is 4.90 Å². The summed E-state index contributed by atoms with van der Waals surface area (Å²) in [7, 11) is 3.83. The van der Waals surface area contributed by atoms with Gasteiger partial charge in [0, 0.05) is 19.6 Å². The average Bonchev–Trinajstić information content (AvgIpc) is 1.82. The van der Waals surface area contributed by atoms with Gasteiger partial charge in [-0.2, -0.15) is 0 Å². The third-order valence-corrected chi connectivity index (χ3v) is 2.04. The molecule has 0 saturated carbocycles. The average molecular weight is 142 g/mol. The van der Waals surface area contributed by atoms with Gasteiger partial charge >= 0.3 is 0 Å². The Morgan fingerprint density at radius 3 is 2.60 bits per heavy atom. The minimum atomic E-state index is 0.223. The highest BCUT2D eigenvalue weighted by atomic mass is 16.2. The van der Waals surface area contributed by atoms with Crippen LogP contribution in [0.4, 0.5) is 0 Å². The molecular weight excluding hydrogens is 128 g/mol. The summed E-state index contributed by atoms with van der Waals surface area (Å²) < 4.78 is 0. The zero-order chi connectivity index (χ0) is 7.72. The van der Waals surface area contributed by atoms with E-state index >= 15 is 0 Å². The van der Waals surface area contributed by atoms with E-state index in [0.717, 1.165) is 6.54 Å². The van der Waals surface area contributed by atoms with E-state index in [9.17, 15) is 4.79 Å². The monoisotopic (exact) mass is 142 g/mol. The Kier molecular flexibility index (Phi) is 1.94. The van der Waals surface area contributed by atoms with Crippen molar-refractivity contribution < 1.29 is 4.79 Å². The molecule has 1 heterocycles. The Hall–Kier alpha value is -0.570. The third-order valence-electron chi connectivity index (χ3n) is 2.04. The first kappa shape index (κ1) is 7.54. The van der Waals surface area contributed by atoms with Gasteiger partial charge in [-0.05, 0) is 14.0 Å². The number of carbonyl (C=O) groups excluding carboxylic acids is 1. The second-order valence-corrected chi connectivity index (χ2v) is 3.05. The Balaban J connectivity index is 2.57. The molecule has 0 aromatic carbocycles. The molecule has 0 aromatic rings. The molecule has 1 amide bonds. The highest BCUT2D eigenvalue weighted by Crippen LogP contribution is 2.05. The number of rotatable bonds is 0. The summed E-state index contributed by atoms with van der Waals surface area (Å²) in [6.45, 7) is 3.62. The summed E-state index contributed by atoms with van der Waals surface area (Å²) in [4.78, 5) is 15.0. The smallest absolute Gasteiger partial charge is 0.236 e. The zero-order valence-corrected chi connectivity index (χ0v) is 6.79. The molecule has 3 nitrogen and oxygen atoms in total. The summed E-state index contributed by atoms with van der Waals surface area (Å²) in [6.07, 6.45) is 0. The zero-order valence-electron chi connectivity index (χ0n) is 6.79. The molecule has 0 unspecified atom stereocenters. The van der Waals surface area contributed by atoms with Crippen LogP contribution in [0.3, 0.4) is 0 Å². The van der Waals surface area contributed by atoms with E-state index < -0.39 is 0 Å². The number of hydrogen-bond acceptors (Lipinski definition) is 2. The quantitative estimate of drug-likeness (QED) is 0.467. The van der Waals surface area contributed by atoms with Crippen molar-refractivity contribution in [2.75, 3.05) is 27.2 Å². The van der Waals surface area contributed by atoms with Crippen molar-refractivity contribution in [3.8, 4) is 0 Å². The van der Waals surface area contributed by atoms with Gasteiger partial charge in [-0.15, -0.1) is 0 Å². The number of piperazine rings is 1. The van der Waals surface area contributed by atoms with Gasteiger partial charge in [-0.3, -0.25) is 9.69 Å². The fraction of sp³-hybridized carbons (Fsp3) is 0.857. The molecule has 1 fully saturated rings. The second kappa shape index (κ2) is 2.58. The molecule has 3 heteroatoms. The molecule has 0 aliphatic carbocycles. The first-order valence-corrected chi connectivity index (χ1v) is 3.55. The van der Waals surface area contributed by atoms with Gasteiger partial charge in [0.05, 0.1) is 6.54 Å². The predicted molar refractivity (Wildman–Crippen MR) is 39.7 cm³/mol. The van der Waals surface area contributed by atoms with Crippen LogP contribution in [0.1, 0.15) is 6.92 Å². The Bertz CT molecular complexity index is 147. The third kappa shape index (κ3) is 1.29.